The molecule has 0 aliphatic rings. The molecule has 1 atom stereocenters. The lowest BCUT2D eigenvalue weighted by atomic mass is 10.1. The molecule has 2 rings (SSSR count). The molecule has 1 heterocycles. The molecule has 2 aromatic rings. The maximum absolute atomic E-state index is 11.4. The predicted molar refractivity (Wildman–Crippen MR) is 80.1 cm³/mol. The molecule has 4 nitrogen and oxygen atoms in total. The number of hydrogen-bond donors (Lipinski definition) is 1. The zero-order valence-electron chi connectivity index (χ0n) is 11.9. The molecule has 20 heavy (non-hydrogen) atoms. The third-order valence-corrected chi connectivity index (χ3v) is 3.23. The van der Waals surface area contributed by atoms with Crippen molar-refractivity contribution in [2.24, 2.45) is 0 Å². The second-order valence-corrected chi connectivity index (χ2v) is 5.82. The number of nitrogens with one attached hydrogen (secondary N) is 1. The first-order valence-electron chi connectivity index (χ1n) is 6.78. The van der Waals surface area contributed by atoms with Crippen LogP contribution in [0.25, 0.3) is 11.1 Å². The fraction of sp³-hybridized carbons (Fsp3) is 0.467. The highest BCUT2D eigenvalue weighted by atomic mass is 35.5. The summed E-state index contributed by atoms with van der Waals surface area (Å²) in [6.45, 7) is 6.32. The molecule has 0 aliphatic carbocycles. The van der Waals surface area contributed by atoms with Gasteiger partial charge < -0.3 is 9.73 Å². The van der Waals surface area contributed by atoms with E-state index in [1.165, 1.54) is 0 Å². The monoisotopic (exact) mass is 294 g/mol. The minimum atomic E-state index is -0.498. The molecule has 1 aromatic heterocycles. The SMILES string of the molecule is CC(Cl)C(=O)NCCc1ccc2oc(C(C)C)nc2c1. The molecular weight excluding hydrogens is 276 g/mol. The van der Waals surface area contributed by atoms with Gasteiger partial charge in [-0.1, -0.05) is 19.9 Å². The number of oxazole rings is 1. The van der Waals surface area contributed by atoms with Crippen molar-refractivity contribution in [2.75, 3.05) is 6.54 Å². The number of benzene rings is 1. The van der Waals surface area contributed by atoms with Gasteiger partial charge in [-0.2, -0.15) is 0 Å². The molecule has 0 saturated heterocycles. The molecule has 0 saturated carbocycles. The number of carbonyl (C=O) groups excluding carboxylic acids is 1. The average molecular weight is 295 g/mol. The minimum absolute atomic E-state index is 0.142. The Balaban J connectivity index is 2.02. The summed E-state index contributed by atoms with van der Waals surface area (Å²) in [4.78, 5) is 15.8. The van der Waals surface area contributed by atoms with E-state index in [1.807, 2.05) is 18.2 Å². The fourth-order valence-corrected chi connectivity index (χ4v) is 1.94. The highest BCUT2D eigenvalue weighted by molar-refractivity contribution is 6.30. The van der Waals surface area contributed by atoms with Gasteiger partial charge in [-0.15, -0.1) is 11.6 Å². The third kappa shape index (κ3) is 3.51. The number of amides is 1. The second kappa shape index (κ2) is 6.27. The van der Waals surface area contributed by atoms with E-state index in [-0.39, 0.29) is 11.8 Å². The van der Waals surface area contributed by atoms with Crippen LogP contribution in [0.2, 0.25) is 0 Å². The molecule has 5 heteroatoms. The van der Waals surface area contributed by atoms with E-state index >= 15 is 0 Å². The maximum Gasteiger partial charge on any atom is 0.237 e. The Labute approximate surface area is 123 Å². The van der Waals surface area contributed by atoms with Crippen molar-refractivity contribution in [3.8, 4) is 0 Å². The normalized spacial score (nSPS) is 12.8. The summed E-state index contributed by atoms with van der Waals surface area (Å²) < 4.78 is 5.66. The molecule has 108 valence electrons. The van der Waals surface area contributed by atoms with Crippen LogP contribution in [0.5, 0.6) is 0 Å². The Bertz CT molecular complexity index is 605. The van der Waals surface area contributed by atoms with Gasteiger partial charge >= 0.3 is 0 Å². The van der Waals surface area contributed by atoms with Crippen molar-refractivity contribution in [3.05, 3.63) is 29.7 Å². The van der Waals surface area contributed by atoms with Crippen LogP contribution < -0.4 is 5.32 Å². The molecule has 1 aromatic carbocycles. The van der Waals surface area contributed by atoms with E-state index in [1.54, 1.807) is 6.92 Å². The summed E-state index contributed by atoms with van der Waals surface area (Å²) in [5, 5.41) is 2.29. The van der Waals surface area contributed by atoms with Gasteiger partial charge in [0, 0.05) is 12.5 Å². The number of carbonyl (C=O) groups is 1. The number of alkyl halides is 1. The molecule has 1 unspecified atom stereocenters. The van der Waals surface area contributed by atoms with Crippen molar-refractivity contribution in [2.45, 2.75) is 38.5 Å². The Morgan fingerprint density at radius 1 is 1.40 bits per heavy atom. The average Bonchev–Trinajstić information content (AvgIpc) is 2.81. The first-order chi connectivity index (χ1) is 9.47. The van der Waals surface area contributed by atoms with E-state index in [0.717, 1.165) is 29.0 Å². The molecule has 1 N–H and O–H groups in total. The Kier molecular flexibility index (Phi) is 4.65. The minimum Gasteiger partial charge on any atom is -0.440 e. The van der Waals surface area contributed by atoms with Gasteiger partial charge in [0.2, 0.25) is 5.91 Å². The van der Waals surface area contributed by atoms with Gasteiger partial charge in [0.05, 0.1) is 0 Å². The zero-order valence-corrected chi connectivity index (χ0v) is 12.7. The first-order valence-corrected chi connectivity index (χ1v) is 7.22. The van der Waals surface area contributed by atoms with Crippen LogP contribution in [0.1, 0.15) is 38.1 Å². The summed E-state index contributed by atoms with van der Waals surface area (Å²) in [6, 6.07) is 5.92. The van der Waals surface area contributed by atoms with Crippen molar-refractivity contribution in [1.82, 2.24) is 10.3 Å². The van der Waals surface area contributed by atoms with E-state index < -0.39 is 5.38 Å². The number of halogens is 1. The van der Waals surface area contributed by atoms with Crippen molar-refractivity contribution >= 4 is 28.6 Å². The Morgan fingerprint density at radius 3 is 2.80 bits per heavy atom. The van der Waals surface area contributed by atoms with Gasteiger partial charge in [-0.05, 0) is 31.0 Å². The van der Waals surface area contributed by atoms with E-state index in [9.17, 15) is 4.79 Å². The third-order valence-electron chi connectivity index (χ3n) is 3.04. The number of nitrogens with zero attached hydrogens (tertiary/aromatic N) is 1. The van der Waals surface area contributed by atoms with E-state index in [4.69, 9.17) is 16.0 Å². The topological polar surface area (TPSA) is 55.1 Å². The summed E-state index contributed by atoms with van der Waals surface area (Å²) in [5.41, 5.74) is 2.78. The van der Waals surface area contributed by atoms with Gasteiger partial charge in [-0.25, -0.2) is 4.98 Å². The lowest BCUT2D eigenvalue weighted by Crippen LogP contribution is -2.31. The summed E-state index contributed by atoms with van der Waals surface area (Å²) in [6.07, 6.45) is 0.745. The fourth-order valence-electron chi connectivity index (χ4n) is 1.86. The van der Waals surface area contributed by atoms with Crippen LogP contribution in [-0.2, 0) is 11.2 Å². The van der Waals surface area contributed by atoms with Crippen molar-refractivity contribution in [3.63, 3.8) is 0 Å². The number of hydrogen-bond acceptors (Lipinski definition) is 3. The van der Waals surface area contributed by atoms with Crippen LogP contribution in [0.4, 0.5) is 0 Å². The van der Waals surface area contributed by atoms with Gasteiger partial charge in [0.25, 0.3) is 0 Å². The van der Waals surface area contributed by atoms with Crippen LogP contribution in [0, 0.1) is 0 Å². The lowest BCUT2D eigenvalue weighted by Gasteiger charge is -2.06. The van der Waals surface area contributed by atoms with Gasteiger partial charge in [0.15, 0.2) is 11.5 Å². The predicted octanol–water partition coefficient (Wildman–Crippen LogP) is 3.24. The van der Waals surface area contributed by atoms with Crippen LogP contribution in [-0.4, -0.2) is 22.8 Å². The quantitative estimate of drug-likeness (QED) is 0.861. The molecule has 0 fully saturated rings. The molecule has 0 radical (unpaired) electrons. The van der Waals surface area contributed by atoms with E-state index in [0.29, 0.717) is 6.54 Å². The summed E-state index contributed by atoms with van der Waals surface area (Å²) in [5.74, 6) is 0.882. The number of aromatic nitrogens is 1. The van der Waals surface area contributed by atoms with Crippen molar-refractivity contribution in [1.29, 1.82) is 0 Å². The number of fused-ring (bicyclic) bond motifs is 1. The lowest BCUT2D eigenvalue weighted by molar-refractivity contribution is -0.120. The zero-order chi connectivity index (χ0) is 14.7. The number of rotatable bonds is 5. The molecule has 1 amide bonds. The van der Waals surface area contributed by atoms with Crippen LogP contribution in [0.3, 0.4) is 0 Å². The largest absolute Gasteiger partial charge is 0.440 e. The van der Waals surface area contributed by atoms with E-state index in [2.05, 4.69) is 24.1 Å². The highest BCUT2D eigenvalue weighted by Crippen LogP contribution is 2.22. The second-order valence-electron chi connectivity index (χ2n) is 5.17. The molecule has 0 bridgehead atoms. The molecule has 0 spiro atoms. The van der Waals surface area contributed by atoms with Crippen molar-refractivity contribution < 1.29 is 9.21 Å². The van der Waals surface area contributed by atoms with Crippen LogP contribution >= 0.6 is 11.6 Å². The molecule has 0 aliphatic heterocycles. The highest BCUT2D eigenvalue weighted by Gasteiger charge is 2.10. The van der Waals surface area contributed by atoms with Gasteiger partial charge in [0.1, 0.15) is 10.9 Å². The van der Waals surface area contributed by atoms with Crippen LogP contribution in [0.15, 0.2) is 22.6 Å². The standard InChI is InChI=1S/C15H19ClN2O2/c1-9(2)15-18-12-8-11(4-5-13(12)20-15)6-7-17-14(19)10(3)16/h4-5,8-10H,6-7H2,1-3H3,(H,17,19). The first kappa shape index (κ1) is 14.9. The van der Waals surface area contributed by atoms with Gasteiger partial charge in [-0.3, -0.25) is 4.79 Å². The smallest absolute Gasteiger partial charge is 0.237 e. The summed E-state index contributed by atoms with van der Waals surface area (Å²) in [7, 11) is 0. The maximum atomic E-state index is 11.4. The summed E-state index contributed by atoms with van der Waals surface area (Å²) >= 11 is 5.69. The Hall–Kier alpha value is -1.55. The Morgan fingerprint density at radius 2 is 2.15 bits per heavy atom. The molecular formula is C15H19ClN2O2.